The van der Waals surface area contributed by atoms with Crippen molar-refractivity contribution in [3.05, 3.63) is 33.6 Å². The molecule has 3 heterocycles. The van der Waals surface area contributed by atoms with Crippen LogP contribution in [-0.2, 0) is 11.2 Å². The summed E-state index contributed by atoms with van der Waals surface area (Å²) in [6, 6.07) is 6.43. The largest absolute Gasteiger partial charge is 0.493 e. The van der Waals surface area contributed by atoms with Crippen LogP contribution in [0.2, 0.25) is 0 Å². The van der Waals surface area contributed by atoms with Crippen LogP contribution in [0.3, 0.4) is 0 Å². The minimum atomic E-state index is -0.948. The lowest BCUT2D eigenvalue weighted by Gasteiger charge is -2.33. The predicted octanol–water partition coefficient (Wildman–Crippen LogP) is 2.97. The summed E-state index contributed by atoms with van der Waals surface area (Å²) in [6.07, 6.45) is 2.82. The van der Waals surface area contributed by atoms with Crippen molar-refractivity contribution in [3.8, 4) is 17.0 Å². The van der Waals surface area contributed by atoms with Crippen molar-refractivity contribution in [3.63, 3.8) is 0 Å². The third kappa shape index (κ3) is 5.09. The third-order valence-corrected chi connectivity index (χ3v) is 7.06. The summed E-state index contributed by atoms with van der Waals surface area (Å²) in [7, 11) is 0. The number of rotatable bonds is 4. The zero-order valence-corrected chi connectivity index (χ0v) is 20.1. The molecule has 3 N–H and O–H groups in total. The minimum absolute atomic E-state index is 0.0844. The number of fused-ring (bicyclic) bond motifs is 3. The molecule has 2 aliphatic rings. The number of nitrogens with zero attached hydrogens (tertiary/aromatic N) is 4. The first-order chi connectivity index (χ1) is 15.9. The zero-order valence-electron chi connectivity index (χ0n) is 19.3. The van der Waals surface area contributed by atoms with Gasteiger partial charge in [0.1, 0.15) is 11.9 Å². The number of carbonyl (C=O) groups excluding carboxylic acids is 1. The molecule has 0 spiro atoms. The smallest absolute Gasteiger partial charge is 0.251 e. The van der Waals surface area contributed by atoms with Crippen LogP contribution in [0.15, 0.2) is 28.2 Å². The van der Waals surface area contributed by atoms with Gasteiger partial charge in [-0.2, -0.15) is 0 Å². The predicted molar refractivity (Wildman–Crippen MR) is 131 cm³/mol. The number of carbonyl (C=O) groups is 1. The van der Waals surface area contributed by atoms with E-state index in [9.17, 15) is 9.90 Å². The Bertz CT molecular complexity index is 1070. The highest BCUT2D eigenvalue weighted by molar-refractivity contribution is 7.14. The van der Waals surface area contributed by atoms with Crippen molar-refractivity contribution in [1.82, 2.24) is 9.88 Å². The van der Waals surface area contributed by atoms with Gasteiger partial charge in [0.05, 0.1) is 18.6 Å². The molecule has 33 heavy (non-hydrogen) atoms. The molecule has 1 fully saturated rings. The number of aliphatic hydroxyl groups excluding tert-OH is 1. The van der Waals surface area contributed by atoms with Crippen molar-refractivity contribution in [2.45, 2.75) is 58.1 Å². The summed E-state index contributed by atoms with van der Waals surface area (Å²) in [6.45, 7) is 7.43. The first-order valence-electron chi connectivity index (χ1n) is 11.4. The molecule has 9 heteroatoms. The van der Waals surface area contributed by atoms with Gasteiger partial charge in [-0.25, -0.2) is 9.98 Å². The Morgan fingerprint density at radius 3 is 2.76 bits per heavy atom. The fraction of sp³-hybridized carbons (Fsp3) is 0.500. The number of thiazole rings is 1. The molecule has 176 valence electrons. The molecule has 1 saturated heterocycles. The molecule has 2 aromatic rings. The maximum Gasteiger partial charge on any atom is 0.251 e. The van der Waals surface area contributed by atoms with Gasteiger partial charge in [-0.1, -0.05) is 6.07 Å². The molecule has 0 saturated carbocycles. The lowest BCUT2D eigenvalue weighted by molar-refractivity contribution is -0.140. The van der Waals surface area contributed by atoms with Gasteiger partial charge in [0.25, 0.3) is 5.91 Å². The van der Waals surface area contributed by atoms with Crippen LogP contribution >= 0.6 is 11.3 Å². The maximum absolute atomic E-state index is 12.1. The summed E-state index contributed by atoms with van der Waals surface area (Å²) >= 11 is 1.59. The number of piperidine rings is 1. The molecule has 0 bridgehead atoms. The highest BCUT2D eigenvalue weighted by atomic mass is 32.1. The molecule has 1 atom stereocenters. The number of aliphatic imine (C=N–C) groups is 2. The normalized spacial score (nSPS) is 18.1. The first kappa shape index (κ1) is 23.4. The Morgan fingerprint density at radius 2 is 2.09 bits per heavy atom. The number of aliphatic hydroxyl groups is 1. The van der Waals surface area contributed by atoms with Crippen LogP contribution in [0.4, 0.5) is 0 Å². The molecular weight excluding hydrogens is 438 g/mol. The van der Waals surface area contributed by atoms with E-state index in [0.29, 0.717) is 31.4 Å². The Hall–Kier alpha value is -2.78. The van der Waals surface area contributed by atoms with Crippen molar-refractivity contribution >= 4 is 29.4 Å². The summed E-state index contributed by atoms with van der Waals surface area (Å²) < 4.78 is 6.03. The highest BCUT2D eigenvalue weighted by Crippen LogP contribution is 2.40. The van der Waals surface area contributed by atoms with Crippen molar-refractivity contribution in [2.75, 3.05) is 19.7 Å². The molecule has 8 nitrogen and oxygen atoms in total. The summed E-state index contributed by atoms with van der Waals surface area (Å²) in [4.78, 5) is 28.8. The number of nitrogens with two attached hydrogens (primary N) is 1. The van der Waals surface area contributed by atoms with Crippen LogP contribution < -0.4 is 10.5 Å². The molecule has 1 amide bonds. The first-order valence-corrected chi connectivity index (χ1v) is 12.2. The maximum atomic E-state index is 12.1. The molecule has 1 aromatic carbocycles. The Labute approximate surface area is 198 Å². The second-order valence-corrected chi connectivity index (χ2v) is 9.83. The average molecular weight is 470 g/mol. The topological polar surface area (TPSA) is 113 Å². The number of hydrogen-bond donors (Lipinski definition) is 2. The van der Waals surface area contributed by atoms with E-state index in [1.807, 2.05) is 19.9 Å². The number of amides is 1. The fourth-order valence-electron chi connectivity index (χ4n) is 4.35. The number of benzene rings is 1. The van der Waals surface area contributed by atoms with E-state index in [4.69, 9.17) is 15.5 Å². The molecule has 4 rings (SSSR count). The van der Waals surface area contributed by atoms with Gasteiger partial charge in [-0.05, 0) is 57.2 Å². The molecular formula is C24H31N5O3S. The standard InChI is InChI=1S/C24H31N5O3S/c1-14(2)27-22(26-13-25)23-28-21-18-12-17(4-5-19(18)32-11-8-20(21)33-23)16-6-9-29(10-7-16)24(31)15(3)30/h4-5,12-16,30H,6-11H2,1-3H3,(H2,25,26,27)/t15-/m0/s1. The van der Waals surface area contributed by atoms with Gasteiger partial charge < -0.3 is 20.5 Å². The van der Waals surface area contributed by atoms with Gasteiger partial charge >= 0.3 is 0 Å². The Balaban J connectivity index is 1.63. The highest BCUT2D eigenvalue weighted by Gasteiger charge is 2.28. The summed E-state index contributed by atoms with van der Waals surface area (Å²) in [5.74, 6) is 1.54. The van der Waals surface area contributed by atoms with Crippen LogP contribution in [0.5, 0.6) is 5.75 Å². The van der Waals surface area contributed by atoms with Crippen molar-refractivity contribution < 1.29 is 14.6 Å². The lowest BCUT2D eigenvalue weighted by Crippen LogP contribution is -2.42. The summed E-state index contributed by atoms with van der Waals surface area (Å²) in [5, 5.41) is 10.4. The van der Waals surface area contributed by atoms with Crippen LogP contribution in [0.25, 0.3) is 11.3 Å². The zero-order chi connectivity index (χ0) is 23.5. The van der Waals surface area contributed by atoms with E-state index in [-0.39, 0.29) is 11.9 Å². The van der Waals surface area contributed by atoms with Crippen molar-refractivity contribution in [2.24, 2.45) is 15.7 Å². The van der Waals surface area contributed by atoms with Crippen LogP contribution in [0, 0.1) is 0 Å². The lowest BCUT2D eigenvalue weighted by atomic mass is 9.88. The quantitative estimate of drug-likeness (QED) is 0.528. The number of likely N-dealkylation sites (tertiary alicyclic amines) is 1. The van der Waals surface area contributed by atoms with E-state index in [1.54, 1.807) is 16.2 Å². The van der Waals surface area contributed by atoms with Crippen LogP contribution in [0.1, 0.15) is 55.0 Å². The fourth-order valence-corrected chi connectivity index (χ4v) is 5.35. The van der Waals surface area contributed by atoms with E-state index >= 15 is 0 Å². The molecule has 0 radical (unpaired) electrons. The van der Waals surface area contributed by atoms with E-state index in [0.717, 1.165) is 46.2 Å². The molecule has 1 aromatic heterocycles. The van der Waals surface area contributed by atoms with E-state index in [2.05, 4.69) is 22.1 Å². The number of amidine groups is 1. The number of aromatic nitrogens is 1. The second-order valence-electron chi connectivity index (χ2n) is 8.75. The van der Waals surface area contributed by atoms with Gasteiger partial charge in [0.15, 0.2) is 10.8 Å². The second kappa shape index (κ2) is 10.0. The average Bonchev–Trinajstić information content (AvgIpc) is 3.14. The van der Waals surface area contributed by atoms with Gasteiger partial charge in [0, 0.05) is 36.0 Å². The summed E-state index contributed by atoms with van der Waals surface area (Å²) in [5.41, 5.74) is 8.70. The van der Waals surface area contributed by atoms with E-state index < -0.39 is 6.10 Å². The Morgan fingerprint density at radius 1 is 1.33 bits per heavy atom. The van der Waals surface area contributed by atoms with Crippen molar-refractivity contribution in [1.29, 1.82) is 0 Å². The SMILES string of the molecule is CC(C)N=C(N=CN)c1nc2c(s1)CCOc1ccc(C3CCN(C(=O)[C@H](C)O)CC3)cc1-2. The van der Waals surface area contributed by atoms with Gasteiger partial charge in [-0.15, -0.1) is 11.3 Å². The van der Waals surface area contributed by atoms with Gasteiger partial charge in [0.2, 0.25) is 0 Å². The molecule has 2 aliphatic heterocycles. The molecule has 0 unspecified atom stereocenters. The minimum Gasteiger partial charge on any atom is -0.493 e. The monoisotopic (exact) mass is 469 g/mol. The van der Waals surface area contributed by atoms with E-state index in [1.165, 1.54) is 18.8 Å². The number of hydrogen-bond acceptors (Lipinski definition) is 6. The number of ether oxygens (including phenoxy) is 1. The Kier molecular flexibility index (Phi) is 7.09. The van der Waals surface area contributed by atoms with Crippen LogP contribution in [-0.4, -0.2) is 64.9 Å². The third-order valence-electron chi connectivity index (χ3n) is 5.95. The van der Waals surface area contributed by atoms with Gasteiger partial charge in [-0.3, -0.25) is 9.79 Å². The molecule has 0 aliphatic carbocycles.